The molecule has 0 N–H and O–H groups in total. The van der Waals surface area contributed by atoms with Crippen LogP contribution in [-0.4, -0.2) is 0 Å². The van der Waals surface area contributed by atoms with Gasteiger partial charge in [0.15, 0.2) is 0 Å². The van der Waals surface area contributed by atoms with E-state index in [2.05, 4.69) is 181 Å². The second kappa shape index (κ2) is 11.8. The molecule has 2 nitrogen and oxygen atoms in total. The third-order valence-corrected chi connectivity index (χ3v) is 9.25. The molecule has 9 rings (SSSR count). The molecule has 0 spiro atoms. The third kappa shape index (κ3) is 5.01. The molecule has 0 aliphatic carbocycles. The first-order valence-electron chi connectivity index (χ1n) is 16.3. The molecule has 0 saturated heterocycles. The topological polar surface area (TPSA) is 16.4 Å². The molecule has 0 radical (unpaired) electrons. The lowest BCUT2D eigenvalue weighted by Crippen LogP contribution is -2.11. The smallest absolute Gasteiger partial charge is 0.135 e. The Bertz CT molecular complexity index is 2560. The largest absolute Gasteiger partial charge is 0.456 e. The Kier molecular flexibility index (Phi) is 6.84. The maximum absolute atomic E-state index is 6.15. The van der Waals surface area contributed by atoms with Gasteiger partial charge in [0.25, 0.3) is 0 Å². The van der Waals surface area contributed by atoms with Crippen LogP contribution in [0.15, 0.2) is 192 Å². The predicted octanol–water partition coefficient (Wildman–Crippen LogP) is 13.2. The normalized spacial score (nSPS) is 11.3. The molecule has 48 heavy (non-hydrogen) atoms. The van der Waals surface area contributed by atoms with Gasteiger partial charge in [-0.25, -0.2) is 0 Å². The van der Waals surface area contributed by atoms with Crippen molar-refractivity contribution in [2.24, 2.45) is 0 Å². The van der Waals surface area contributed by atoms with Crippen molar-refractivity contribution in [2.45, 2.75) is 0 Å². The lowest BCUT2D eigenvalue weighted by molar-refractivity contribution is 0.669. The molecule has 9 aromatic rings. The number of hydrogen-bond donors (Lipinski definition) is 0. The van der Waals surface area contributed by atoms with Gasteiger partial charge in [-0.1, -0.05) is 127 Å². The van der Waals surface area contributed by atoms with Crippen LogP contribution in [0.3, 0.4) is 0 Å². The monoisotopic (exact) mass is 613 g/mol. The van der Waals surface area contributed by atoms with E-state index < -0.39 is 0 Å². The number of hydrogen-bond acceptors (Lipinski definition) is 2. The molecule has 0 aliphatic heterocycles. The summed E-state index contributed by atoms with van der Waals surface area (Å²) in [5, 5.41) is 4.77. The van der Waals surface area contributed by atoms with E-state index in [1.165, 1.54) is 33.0 Å². The van der Waals surface area contributed by atoms with Crippen LogP contribution in [0.4, 0.5) is 17.1 Å². The molecule has 2 heteroatoms. The lowest BCUT2D eigenvalue weighted by atomic mass is 9.97. The van der Waals surface area contributed by atoms with Crippen molar-refractivity contribution >= 4 is 49.8 Å². The van der Waals surface area contributed by atoms with Crippen LogP contribution in [0.25, 0.3) is 66.1 Å². The van der Waals surface area contributed by atoms with Crippen LogP contribution in [0.2, 0.25) is 0 Å². The molecule has 226 valence electrons. The number of para-hydroxylation sites is 3. The summed E-state index contributed by atoms with van der Waals surface area (Å²) in [5.74, 6) is 0. The minimum absolute atomic E-state index is 0.901. The highest BCUT2D eigenvalue weighted by molar-refractivity contribution is 6.07. The van der Waals surface area contributed by atoms with E-state index in [0.717, 1.165) is 50.1 Å². The molecule has 0 amide bonds. The summed E-state index contributed by atoms with van der Waals surface area (Å²) in [7, 11) is 0. The Labute approximate surface area is 279 Å². The average molecular weight is 614 g/mol. The molecule has 0 atom stereocenters. The van der Waals surface area contributed by atoms with Crippen molar-refractivity contribution in [3.63, 3.8) is 0 Å². The van der Waals surface area contributed by atoms with Gasteiger partial charge in [0.2, 0.25) is 0 Å². The second-order valence-electron chi connectivity index (χ2n) is 12.2. The Morgan fingerprint density at radius 2 is 0.958 bits per heavy atom. The molecule has 1 aromatic heterocycles. The summed E-state index contributed by atoms with van der Waals surface area (Å²) in [6.07, 6.45) is 0. The molecule has 0 aliphatic rings. The quantitative estimate of drug-likeness (QED) is 0.185. The fraction of sp³-hybridized carbons (Fsp3) is 0. The average Bonchev–Trinajstić information content (AvgIpc) is 3.54. The van der Waals surface area contributed by atoms with Crippen molar-refractivity contribution < 1.29 is 4.42 Å². The maximum atomic E-state index is 6.15. The van der Waals surface area contributed by atoms with E-state index in [0.29, 0.717) is 0 Å². The molecule has 0 fully saturated rings. The van der Waals surface area contributed by atoms with E-state index in [1.807, 2.05) is 12.1 Å². The van der Waals surface area contributed by atoms with E-state index in [9.17, 15) is 0 Å². The van der Waals surface area contributed by atoms with Gasteiger partial charge < -0.3 is 9.32 Å². The zero-order chi connectivity index (χ0) is 31.9. The Balaban J connectivity index is 1.11. The number of furan rings is 1. The van der Waals surface area contributed by atoms with Gasteiger partial charge >= 0.3 is 0 Å². The molecular formula is C46H31NO. The number of nitrogens with zero attached hydrogens (tertiary/aromatic N) is 1. The summed E-state index contributed by atoms with van der Waals surface area (Å²) >= 11 is 0. The van der Waals surface area contributed by atoms with E-state index in [-0.39, 0.29) is 0 Å². The van der Waals surface area contributed by atoms with E-state index >= 15 is 0 Å². The van der Waals surface area contributed by atoms with Crippen molar-refractivity contribution in [2.75, 3.05) is 4.90 Å². The second-order valence-corrected chi connectivity index (χ2v) is 12.2. The van der Waals surface area contributed by atoms with Crippen LogP contribution in [0.1, 0.15) is 0 Å². The first-order chi connectivity index (χ1) is 23.8. The van der Waals surface area contributed by atoms with E-state index in [4.69, 9.17) is 4.42 Å². The van der Waals surface area contributed by atoms with Crippen LogP contribution >= 0.6 is 0 Å². The highest BCUT2D eigenvalue weighted by Gasteiger charge is 2.18. The van der Waals surface area contributed by atoms with Crippen LogP contribution in [0, 0.1) is 0 Å². The fourth-order valence-electron chi connectivity index (χ4n) is 6.86. The molecule has 8 aromatic carbocycles. The van der Waals surface area contributed by atoms with E-state index in [1.54, 1.807) is 0 Å². The minimum Gasteiger partial charge on any atom is -0.456 e. The lowest BCUT2D eigenvalue weighted by Gasteiger charge is -2.28. The summed E-state index contributed by atoms with van der Waals surface area (Å²) in [5.41, 5.74) is 12.2. The molecule has 0 unspecified atom stereocenters. The predicted molar refractivity (Wildman–Crippen MR) is 202 cm³/mol. The highest BCUT2D eigenvalue weighted by atomic mass is 16.3. The van der Waals surface area contributed by atoms with Crippen LogP contribution in [-0.2, 0) is 0 Å². The SMILES string of the molecule is c1ccc(N(c2ccc(-c3cccc(-c4ccc5ccccc5c4)c3)cc2)c2ccccc2-c2ccc3oc4ccccc4c3c2)cc1. The van der Waals surface area contributed by atoms with Crippen molar-refractivity contribution in [3.05, 3.63) is 188 Å². The molecule has 1 heterocycles. The van der Waals surface area contributed by atoms with Gasteiger partial charge in [0.05, 0.1) is 5.69 Å². The Hall–Kier alpha value is -6.38. The Morgan fingerprint density at radius 3 is 1.83 bits per heavy atom. The number of fused-ring (bicyclic) bond motifs is 4. The van der Waals surface area contributed by atoms with Gasteiger partial charge in [0.1, 0.15) is 11.2 Å². The van der Waals surface area contributed by atoms with Crippen molar-refractivity contribution in [3.8, 4) is 33.4 Å². The van der Waals surface area contributed by atoms with Gasteiger partial charge in [-0.05, 0) is 99.3 Å². The summed E-state index contributed by atoms with van der Waals surface area (Å²) in [6, 6.07) is 67.0. The highest BCUT2D eigenvalue weighted by Crippen LogP contribution is 2.42. The number of benzene rings is 8. The van der Waals surface area contributed by atoms with Crippen LogP contribution in [0.5, 0.6) is 0 Å². The summed E-state index contributed by atoms with van der Waals surface area (Å²) in [4.78, 5) is 2.35. The van der Waals surface area contributed by atoms with Gasteiger partial charge in [-0.2, -0.15) is 0 Å². The first-order valence-corrected chi connectivity index (χ1v) is 16.3. The molecule has 0 bridgehead atoms. The fourth-order valence-corrected chi connectivity index (χ4v) is 6.86. The third-order valence-electron chi connectivity index (χ3n) is 9.25. The van der Waals surface area contributed by atoms with Crippen LogP contribution < -0.4 is 4.90 Å². The zero-order valence-electron chi connectivity index (χ0n) is 26.3. The zero-order valence-corrected chi connectivity index (χ0v) is 26.3. The van der Waals surface area contributed by atoms with Crippen molar-refractivity contribution in [1.29, 1.82) is 0 Å². The molecule has 0 saturated carbocycles. The van der Waals surface area contributed by atoms with Crippen molar-refractivity contribution in [1.82, 2.24) is 0 Å². The summed E-state index contributed by atoms with van der Waals surface area (Å²) in [6.45, 7) is 0. The number of anilines is 3. The summed E-state index contributed by atoms with van der Waals surface area (Å²) < 4.78 is 6.15. The maximum Gasteiger partial charge on any atom is 0.135 e. The first kappa shape index (κ1) is 27.9. The standard InChI is InChI=1S/C46H31NO/c1-2-15-39(16-3-1)47(44-19-8-6-17-41(44)38-25-28-46-43(31-38)42-18-7-9-20-45(42)48-46)40-26-23-33(24-27-40)35-13-10-14-36(29-35)37-22-21-32-11-4-5-12-34(32)30-37/h1-31H. The van der Waals surface area contributed by atoms with Gasteiger partial charge in [-0.3, -0.25) is 0 Å². The number of rotatable bonds is 6. The van der Waals surface area contributed by atoms with Gasteiger partial charge in [0, 0.05) is 27.7 Å². The Morgan fingerprint density at radius 1 is 0.333 bits per heavy atom. The minimum atomic E-state index is 0.901. The van der Waals surface area contributed by atoms with Gasteiger partial charge in [-0.15, -0.1) is 0 Å². The molecular weight excluding hydrogens is 583 g/mol.